The predicted octanol–water partition coefficient (Wildman–Crippen LogP) is 5.41. The van der Waals surface area contributed by atoms with Crippen molar-refractivity contribution in [2.45, 2.75) is 32.9 Å². The number of aliphatic hydroxyl groups is 1. The Kier molecular flexibility index (Phi) is 6.59. The van der Waals surface area contributed by atoms with Gasteiger partial charge in [0.25, 0.3) is 11.7 Å². The van der Waals surface area contributed by atoms with E-state index in [9.17, 15) is 14.7 Å². The van der Waals surface area contributed by atoms with Crippen LogP contribution in [0.2, 0.25) is 0 Å². The van der Waals surface area contributed by atoms with E-state index in [1.54, 1.807) is 12.1 Å². The average molecular weight is 442 g/mol. The topological polar surface area (TPSA) is 66.8 Å². The standard InChI is InChI=1S/C28H27NO4/c1-3-16-33-23-11-7-10-22(17-23)25-24(26(30)21-14-12-19(2)13-15-21)27(31)28(32)29(25)18-20-8-5-4-6-9-20/h4-15,17,25,30H,3,16,18H2,1-2H3/b26-24+. The molecule has 1 fully saturated rings. The van der Waals surface area contributed by atoms with E-state index in [1.165, 1.54) is 4.90 Å². The van der Waals surface area contributed by atoms with Crippen LogP contribution in [0.15, 0.2) is 84.4 Å². The number of ether oxygens (including phenoxy) is 1. The molecular weight excluding hydrogens is 414 g/mol. The third-order valence-electron chi connectivity index (χ3n) is 5.71. The second-order valence-electron chi connectivity index (χ2n) is 8.20. The summed E-state index contributed by atoms with van der Waals surface area (Å²) < 4.78 is 5.79. The second-order valence-corrected chi connectivity index (χ2v) is 8.20. The van der Waals surface area contributed by atoms with E-state index in [2.05, 4.69) is 0 Å². The van der Waals surface area contributed by atoms with Crippen molar-refractivity contribution in [3.8, 4) is 5.75 Å². The Hall–Kier alpha value is -3.86. The van der Waals surface area contributed by atoms with Gasteiger partial charge in [-0.25, -0.2) is 0 Å². The van der Waals surface area contributed by atoms with Crippen molar-refractivity contribution in [2.24, 2.45) is 0 Å². The van der Waals surface area contributed by atoms with Crippen molar-refractivity contribution in [3.63, 3.8) is 0 Å². The van der Waals surface area contributed by atoms with Crippen molar-refractivity contribution in [1.82, 2.24) is 4.90 Å². The number of hydrogen-bond donors (Lipinski definition) is 1. The lowest BCUT2D eigenvalue weighted by Crippen LogP contribution is -2.29. The lowest BCUT2D eigenvalue weighted by molar-refractivity contribution is -0.140. The number of carbonyl (C=O) groups is 2. The van der Waals surface area contributed by atoms with E-state index < -0.39 is 17.7 Å². The quantitative estimate of drug-likeness (QED) is 0.303. The van der Waals surface area contributed by atoms with Gasteiger partial charge >= 0.3 is 0 Å². The highest BCUT2D eigenvalue weighted by Gasteiger charge is 2.46. The molecule has 1 N–H and O–H groups in total. The molecule has 0 aliphatic carbocycles. The van der Waals surface area contributed by atoms with E-state index >= 15 is 0 Å². The zero-order chi connectivity index (χ0) is 23.4. The van der Waals surface area contributed by atoms with E-state index in [-0.39, 0.29) is 17.9 Å². The van der Waals surface area contributed by atoms with Crippen molar-refractivity contribution >= 4 is 17.4 Å². The summed E-state index contributed by atoms with van der Waals surface area (Å²) in [5, 5.41) is 11.2. The Bertz CT molecular complexity index is 1180. The third kappa shape index (κ3) is 4.67. The van der Waals surface area contributed by atoms with Crippen LogP contribution < -0.4 is 4.74 Å². The Morgan fingerprint density at radius 3 is 2.39 bits per heavy atom. The first-order chi connectivity index (χ1) is 16.0. The molecule has 5 nitrogen and oxygen atoms in total. The number of carbonyl (C=O) groups excluding carboxylic acids is 2. The minimum absolute atomic E-state index is 0.0902. The first-order valence-electron chi connectivity index (χ1n) is 11.1. The predicted molar refractivity (Wildman–Crippen MR) is 128 cm³/mol. The maximum atomic E-state index is 13.2. The molecule has 5 heteroatoms. The van der Waals surface area contributed by atoms with Gasteiger partial charge in [-0.05, 0) is 36.6 Å². The number of nitrogens with zero attached hydrogens (tertiary/aromatic N) is 1. The summed E-state index contributed by atoms with van der Waals surface area (Å²) in [5.74, 6) is -0.824. The first-order valence-corrected chi connectivity index (χ1v) is 11.1. The fraction of sp³-hybridized carbons (Fsp3) is 0.214. The molecule has 0 aromatic heterocycles. The van der Waals surface area contributed by atoms with Gasteiger partial charge in [0.05, 0.1) is 18.2 Å². The van der Waals surface area contributed by atoms with Crippen molar-refractivity contribution in [3.05, 3.63) is 107 Å². The number of Topliss-reactive ketones (excluding diaryl/α,β-unsaturated/α-hetero) is 1. The van der Waals surface area contributed by atoms with Crippen LogP contribution in [0, 0.1) is 6.92 Å². The number of aliphatic hydroxyl groups excluding tert-OH is 1. The van der Waals surface area contributed by atoms with Gasteiger partial charge in [-0.2, -0.15) is 0 Å². The Morgan fingerprint density at radius 1 is 0.970 bits per heavy atom. The number of hydrogen-bond acceptors (Lipinski definition) is 4. The molecule has 1 aliphatic rings. The monoisotopic (exact) mass is 441 g/mol. The smallest absolute Gasteiger partial charge is 0.295 e. The Morgan fingerprint density at radius 2 is 1.70 bits per heavy atom. The summed E-state index contributed by atoms with van der Waals surface area (Å²) >= 11 is 0. The van der Waals surface area contributed by atoms with Gasteiger partial charge in [-0.3, -0.25) is 9.59 Å². The largest absolute Gasteiger partial charge is 0.507 e. The van der Waals surface area contributed by atoms with Crippen molar-refractivity contribution in [1.29, 1.82) is 0 Å². The number of ketones is 1. The summed E-state index contributed by atoms with van der Waals surface area (Å²) in [4.78, 5) is 27.9. The van der Waals surface area contributed by atoms with E-state index in [0.29, 0.717) is 23.5 Å². The van der Waals surface area contributed by atoms with Gasteiger partial charge in [-0.15, -0.1) is 0 Å². The molecule has 3 aromatic rings. The summed E-state index contributed by atoms with van der Waals surface area (Å²) in [6, 6.07) is 23.4. The molecule has 1 saturated heterocycles. The fourth-order valence-corrected chi connectivity index (χ4v) is 4.03. The zero-order valence-electron chi connectivity index (χ0n) is 18.8. The number of likely N-dealkylation sites (tertiary alicyclic amines) is 1. The molecule has 168 valence electrons. The SMILES string of the molecule is CCCOc1cccc(C2/C(=C(\O)c3ccc(C)cc3)C(=O)C(=O)N2Cc2ccccc2)c1. The van der Waals surface area contributed by atoms with Crippen LogP contribution in [0.1, 0.15) is 41.6 Å². The van der Waals surface area contributed by atoms with Crippen molar-refractivity contribution < 1.29 is 19.4 Å². The van der Waals surface area contributed by atoms with E-state index in [0.717, 1.165) is 17.5 Å². The molecule has 0 spiro atoms. The fourth-order valence-electron chi connectivity index (χ4n) is 4.03. The van der Waals surface area contributed by atoms with Gasteiger partial charge < -0.3 is 14.7 Å². The summed E-state index contributed by atoms with van der Waals surface area (Å²) in [6.07, 6.45) is 0.865. The molecule has 4 rings (SSSR count). The molecule has 0 bridgehead atoms. The second kappa shape index (κ2) is 9.74. The van der Waals surface area contributed by atoms with E-state index in [1.807, 2.05) is 80.6 Å². The van der Waals surface area contributed by atoms with Gasteiger partial charge in [0.2, 0.25) is 0 Å². The summed E-state index contributed by atoms with van der Waals surface area (Å²) in [5.41, 5.74) is 3.24. The van der Waals surface area contributed by atoms with Crippen LogP contribution in [0.4, 0.5) is 0 Å². The lowest BCUT2D eigenvalue weighted by Gasteiger charge is -2.26. The van der Waals surface area contributed by atoms with Gasteiger partial charge in [0, 0.05) is 12.1 Å². The third-order valence-corrected chi connectivity index (χ3v) is 5.71. The minimum Gasteiger partial charge on any atom is -0.507 e. The molecular formula is C28H27NO4. The van der Waals surface area contributed by atoms with Crippen LogP contribution in [0.5, 0.6) is 5.75 Å². The maximum absolute atomic E-state index is 13.2. The van der Waals surface area contributed by atoms with Crippen molar-refractivity contribution in [2.75, 3.05) is 6.61 Å². The minimum atomic E-state index is -0.725. The zero-order valence-corrected chi connectivity index (χ0v) is 18.8. The van der Waals surface area contributed by atoms with Crippen LogP contribution in [-0.2, 0) is 16.1 Å². The Balaban J connectivity index is 1.84. The Labute approximate surface area is 193 Å². The molecule has 0 saturated carbocycles. The van der Waals surface area contributed by atoms with Gasteiger partial charge in [-0.1, -0.05) is 79.2 Å². The lowest BCUT2D eigenvalue weighted by atomic mass is 9.94. The van der Waals surface area contributed by atoms with Gasteiger partial charge in [0.1, 0.15) is 11.5 Å². The van der Waals surface area contributed by atoms with E-state index in [4.69, 9.17) is 4.74 Å². The molecule has 1 atom stereocenters. The normalized spacial score (nSPS) is 17.4. The van der Waals surface area contributed by atoms with Crippen LogP contribution in [0.25, 0.3) is 5.76 Å². The number of amides is 1. The highest BCUT2D eigenvalue weighted by Crippen LogP contribution is 2.41. The van der Waals surface area contributed by atoms with Crippen LogP contribution >= 0.6 is 0 Å². The average Bonchev–Trinajstić information content (AvgIpc) is 3.08. The highest BCUT2D eigenvalue weighted by atomic mass is 16.5. The van der Waals surface area contributed by atoms with Crippen LogP contribution in [0.3, 0.4) is 0 Å². The highest BCUT2D eigenvalue weighted by molar-refractivity contribution is 6.46. The summed E-state index contributed by atoms with van der Waals surface area (Å²) in [6.45, 7) is 4.79. The molecule has 1 amide bonds. The molecule has 3 aromatic carbocycles. The molecule has 33 heavy (non-hydrogen) atoms. The summed E-state index contributed by atoms with van der Waals surface area (Å²) in [7, 11) is 0. The number of aryl methyl sites for hydroxylation is 1. The molecule has 1 aliphatic heterocycles. The molecule has 0 radical (unpaired) electrons. The maximum Gasteiger partial charge on any atom is 0.295 e. The molecule has 1 heterocycles. The first kappa shape index (κ1) is 22.3. The molecule has 1 unspecified atom stereocenters. The van der Waals surface area contributed by atoms with Gasteiger partial charge in [0.15, 0.2) is 0 Å². The van der Waals surface area contributed by atoms with Crippen LogP contribution in [-0.4, -0.2) is 28.3 Å². The number of rotatable bonds is 7. The number of benzene rings is 3.